The highest BCUT2D eigenvalue weighted by Gasteiger charge is 2.13. The molecule has 100 valence electrons. The Balaban J connectivity index is 2.30. The van der Waals surface area contributed by atoms with Crippen molar-refractivity contribution in [1.29, 1.82) is 0 Å². The van der Waals surface area contributed by atoms with Gasteiger partial charge in [-0.05, 0) is 42.9 Å². The van der Waals surface area contributed by atoms with Crippen molar-refractivity contribution in [3.63, 3.8) is 0 Å². The molecular formula is C14H12BrF2NO. The van der Waals surface area contributed by atoms with Gasteiger partial charge in [-0.15, -0.1) is 0 Å². The minimum Gasteiger partial charge on any atom is -0.451 e. The Morgan fingerprint density at radius 3 is 2.42 bits per heavy atom. The maximum atomic E-state index is 13.8. The van der Waals surface area contributed by atoms with E-state index in [-0.39, 0.29) is 0 Å². The van der Waals surface area contributed by atoms with E-state index in [2.05, 4.69) is 21.2 Å². The Morgan fingerprint density at radius 1 is 1.16 bits per heavy atom. The van der Waals surface area contributed by atoms with Crippen molar-refractivity contribution in [3.05, 3.63) is 58.1 Å². The lowest BCUT2D eigenvalue weighted by Crippen LogP contribution is -2.06. The molecule has 2 nitrogen and oxygen atoms in total. The summed E-state index contributed by atoms with van der Waals surface area (Å²) < 4.78 is 33.7. The highest BCUT2D eigenvalue weighted by Crippen LogP contribution is 2.29. The van der Waals surface area contributed by atoms with E-state index in [0.717, 1.165) is 4.47 Å². The largest absolute Gasteiger partial charge is 0.451 e. The monoisotopic (exact) mass is 327 g/mol. The van der Waals surface area contributed by atoms with Crippen LogP contribution in [-0.4, -0.2) is 7.05 Å². The van der Waals surface area contributed by atoms with E-state index in [4.69, 9.17) is 4.74 Å². The lowest BCUT2D eigenvalue weighted by molar-refractivity contribution is 0.406. The Morgan fingerprint density at radius 2 is 1.84 bits per heavy atom. The summed E-state index contributed by atoms with van der Waals surface area (Å²) in [6.45, 7) is 0.394. The SMILES string of the molecule is CNCc1cc(F)c(Oc2cccc(Br)c2)c(F)c1. The van der Waals surface area contributed by atoms with Gasteiger partial charge in [-0.25, -0.2) is 8.78 Å². The molecular weight excluding hydrogens is 316 g/mol. The first-order valence-corrected chi connectivity index (χ1v) is 6.45. The molecule has 0 aliphatic rings. The van der Waals surface area contributed by atoms with E-state index >= 15 is 0 Å². The van der Waals surface area contributed by atoms with E-state index in [1.165, 1.54) is 12.1 Å². The average molecular weight is 328 g/mol. The molecule has 5 heteroatoms. The lowest BCUT2D eigenvalue weighted by atomic mass is 10.2. The van der Waals surface area contributed by atoms with E-state index in [1.807, 2.05) is 0 Å². The number of rotatable bonds is 4. The first-order chi connectivity index (χ1) is 9.10. The van der Waals surface area contributed by atoms with Gasteiger partial charge < -0.3 is 10.1 Å². The molecule has 0 atom stereocenters. The van der Waals surface area contributed by atoms with Crippen molar-refractivity contribution in [3.8, 4) is 11.5 Å². The molecule has 0 aliphatic carbocycles. The topological polar surface area (TPSA) is 21.3 Å². The van der Waals surface area contributed by atoms with Gasteiger partial charge in [-0.2, -0.15) is 0 Å². The minimum atomic E-state index is -0.717. The molecule has 0 radical (unpaired) electrons. The van der Waals surface area contributed by atoms with Crippen LogP contribution in [0.3, 0.4) is 0 Å². The predicted octanol–water partition coefficient (Wildman–Crippen LogP) is 4.24. The van der Waals surface area contributed by atoms with E-state index in [0.29, 0.717) is 17.9 Å². The van der Waals surface area contributed by atoms with Crippen molar-refractivity contribution < 1.29 is 13.5 Å². The molecule has 0 amide bonds. The summed E-state index contributed by atoms with van der Waals surface area (Å²) in [5.41, 5.74) is 0.527. The molecule has 0 aliphatic heterocycles. The molecule has 0 bridgehead atoms. The maximum absolute atomic E-state index is 13.8. The van der Waals surface area contributed by atoms with Gasteiger partial charge in [0.15, 0.2) is 17.4 Å². The molecule has 0 fully saturated rings. The van der Waals surface area contributed by atoms with Crippen LogP contribution in [0.15, 0.2) is 40.9 Å². The molecule has 2 aromatic carbocycles. The van der Waals surface area contributed by atoms with Crippen LogP contribution in [0.25, 0.3) is 0 Å². The number of halogens is 3. The Kier molecular flexibility index (Phi) is 4.50. The van der Waals surface area contributed by atoms with Crippen LogP contribution in [-0.2, 0) is 6.54 Å². The van der Waals surface area contributed by atoms with Gasteiger partial charge in [0, 0.05) is 11.0 Å². The van der Waals surface area contributed by atoms with Crippen LogP contribution in [0.4, 0.5) is 8.78 Å². The van der Waals surface area contributed by atoms with Gasteiger partial charge in [0.2, 0.25) is 0 Å². The zero-order chi connectivity index (χ0) is 13.8. The van der Waals surface area contributed by atoms with Crippen LogP contribution < -0.4 is 10.1 Å². The minimum absolute atomic E-state index is 0.369. The van der Waals surface area contributed by atoms with E-state index < -0.39 is 17.4 Å². The standard InChI is InChI=1S/C14H12BrF2NO/c1-18-8-9-5-12(16)14(13(17)6-9)19-11-4-2-3-10(15)7-11/h2-7,18H,8H2,1H3. The van der Waals surface area contributed by atoms with Crippen LogP contribution in [0.5, 0.6) is 11.5 Å². The summed E-state index contributed by atoms with van der Waals surface area (Å²) in [6.07, 6.45) is 0. The fourth-order valence-corrected chi connectivity index (χ4v) is 2.04. The second kappa shape index (κ2) is 6.12. The summed E-state index contributed by atoms with van der Waals surface area (Å²) in [4.78, 5) is 0. The zero-order valence-electron chi connectivity index (χ0n) is 10.2. The summed E-state index contributed by atoms with van der Waals surface area (Å²) in [7, 11) is 1.71. The molecule has 2 aromatic rings. The Hall–Kier alpha value is -1.46. The molecule has 0 aromatic heterocycles. The third-order valence-electron chi connectivity index (χ3n) is 2.45. The number of nitrogens with one attached hydrogen (secondary N) is 1. The van der Waals surface area contributed by atoms with Gasteiger partial charge in [0.25, 0.3) is 0 Å². The third kappa shape index (κ3) is 3.52. The van der Waals surface area contributed by atoms with Gasteiger partial charge >= 0.3 is 0 Å². The first-order valence-electron chi connectivity index (χ1n) is 5.66. The van der Waals surface area contributed by atoms with Crippen LogP contribution in [0.2, 0.25) is 0 Å². The maximum Gasteiger partial charge on any atom is 0.198 e. The third-order valence-corrected chi connectivity index (χ3v) is 2.95. The molecule has 0 heterocycles. The van der Waals surface area contributed by atoms with Crippen LogP contribution >= 0.6 is 15.9 Å². The van der Waals surface area contributed by atoms with Crippen molar-refractivity contribution in [2.45, 2.75) is 6.54 Å². The highest BCUT2D eigenvalue weighted by molar-refractivity contribution is 9.10. The van der Waals surface area contributed by atoms with E-state index in [9.17, 15) is 8.78 Å². The molecule has 0 spiro atoms. The summed E-state index contributed by atoms with van der Waals surface area (Å²) in [6, 6.07) is 9.31. The number of benzene rings is 2. The van der Waals surface area contributed by atoms with Crippen molar-refractivity contribution in [2.75, 3.05) is 7.05 Å². The van der Waals surface area contributed by atoms with Gasteiger partial charge in [-0.1, -0.05) is 22.0 Å². The van der Waals surface area contributed by atoms with Crippen molar-refractivity contribution in [2.24, 2.45) is 0 Å². The molecule has 0 saturated heterocycles. The lowest BCUT2D eigenvalue weighted by Gasteiger charge is -2.10. The molecule has 2 rings (SSSR count). The molecule has 0 saturated carbocycles. The molecule has 19 heavy (non-hydrogen) atoms. The fourth-order valence-electron chi connectivity index (χ4n) is 1.66. The number of hydrogen-bond acceptors (Lipinski definition) is 2. The van der Waals surface area contributed by atoms with Gasteiger partial charge in [-0.3, -0.25) is 0 Å². The second-order valence-electron chi connectivity index (χ2n) is 3.98. The molecule has 1 N–H and O–H groups in total. The van der Waals surface area contributed by atoms with E-state index in [1.54, 1.807) is 31.3 Å². The smallest absolute Gasteiger partial charge is 0.198 e. The molecule has 0 unspecified atom stereocenters. The zero-order valence-corrected chi connectivity index (χ0v) is 11.8. The van der Waals surface area contributed by atoms with Crippen LogP contribution in [0.1, 0.15) is 5.56 Å². The predicted molar refractivity (Wildman–Crippen MR) is 73.3 cm³/mol. The first kappa shape index (κ1) is 14.0. The van der Waals surface area contributed by atoms with Gasteiger partial charge in [0.05, 0.1) is 0 Å². The van der Waals surface area contributed by atoms with Gasteiger partial charge in [0.1, 0.15) is 5.75 Å². The number of ether oxygens (including phenoxy) is 1. The second-order valence-corrected chi connectivity index (χ2v) is 4.89. The quantitative estimate of drug-likeness (QED) is 0.906. The summed E-state index contributed by atoms with van der Waals surface area (Å²) in [5, 5.41) is 2.83. The van der Waals surface area contributed by atoms with Crippen molar-refractivity contribution >= 4 is 15.9 Å². The number of hydrogen-bond donors (Lipinski definition) is 1. The summed E-state index contributed by atoms with van der Waals surface area (Å²) in [5.74, 6) is -1.46. The van der Waals surface area contributed by atoms with Crippen LogP contribution in [0, 0.1) is 11.6 Å². The average Bonchev–Trinajstić information content (AvgIpc) is 2.34. The normalized spacial score (nSPS) is 10.5. The summed E-state index contributed by atoms with van der Waals surface area (Å²) >= 11 is 3.27. The highest BCUT2D eigenvalue weighted by atomic mass is 79.9. The Bertz CT molecular complexity index is 566. The van der Waals surface area contributed by atoms with Crippen molar-refractivity contribution in [1.82, 2.24) is 5.32 Å². The Labute approximate surface area is 118 Å². The fraction of sp³-hybridized carbons (Fsp3) is 0.143.